The lowest BCUT2D eigenvalue weighted by Gasteiger charge is -2.28. The molecule has 0 saturated carbocycles. The van der Waals surface area contributed by atoms with E-state index in [1.807, 2.05) is 0 Å². The van der Waals surface area contributed by atoms with Crippen LogP contribution < -0.4 is 10.6 Å². The highest BCUT2D eigenvalue weighted by Crippen LogP contribution is 2.30. The standard InChI is InChI=1S/C17H22N2/c1-14-8-3-5-10-16(14)19(13-7-12-18)17-11-6-4-9-15(17)2/h3-6,8-11H,7,12-13,18H2,1-2H3. The first-order chi connectivity index (χ1) is 9.24. The third-order valence-electron chi connectivity index (χ3n) is 3.40. The maximum Gasteiger partial charge on any atom is 0.0440 e. The molecular formula is C17H22N2. The van der Waals surface area contributed by atoms with Crippen LogP contribution in [0.15, 0.2) is 48.5 Å². The first-order valence-electron chi connectivity index (χ1n) is 6.83. The fraction of sp³-hybridized carbons (Fsp3) is 0.294. The molecule has 0 aliphatic heterocycles. The van der Waals surface area contributed by atoms with Crippen LogP contribution in [-0.4, -0.2) is 13.1 Å². The van der Waals surface area contributed by atoms with Crippen LogP contribution in [0.4, 0.5) is 11.4 Å². The molecule has 0 heterocycles. The third kappa shape index (κ3) is 3.15. The van der Waals surface area contributed by atoms with Crippen molar-refractivity contribution in [3.63, 3.8) is 0 Å². The molecule has 0 saturated heterocycles. The number of anilines is 2. The predicted octanol–water partition coefficient (Wildman–Crippen LogP) is 3.79. The molecule has 100 valence electrons. The summed E-state index contributed by atoms with van der Waals surface area (Å²) in [5.74, 6) is 0. The van der Waals surface area contributed by atoms with Gasteiger partial charge in [0, 0.05) is 17.9 Å². The number of aryl methyl sites for hydroxylation is 2. The van der Waals surface area contributed by atoms with Gasteiger partial charge in [0.2, 0.25) is 0 Å². The lowest BCUT2D eigenvalue weighted by molar-refractivity contribution is 0.814. The molecule has 0 bridgehead atoms. The fourth-order valence-electron chi connectivity index (χ4n) is 2.35. The van der Waals surface area contributed by atoms with Gasteiger partial charge in [-0.3, -0.25) is 0 Å². The second-order valence-corrected chi connectivity index (χ2v) is 4.87. The maximum absolute atomic E-state index is 5.68. The zero-order valence-corrected chi connectivity index (χ0v) is 11.8. The molecule has 19 heavy (non-hydrogen) atoms. The van der Waals surface area contributed by atoms with Gasteiger partial charge < -0.3 is 10.6 Å². The summed E-state index contributed by atoms with van der Waals surface area (Å²) in [6.45, 7) is 5.98. The first-order valence-corrected chi connectivity index (χ1v) is 6.83. The average molecular weight is 254 g/mol. The molecule has 2 heteroatoms. The summed E-state index contributed by atoms with van der Waals surface area (Å²) in [5, 5.41) is 0. The minimum Gasteiger partial charge on any atom is -0.341 e. The summed E-state index contributed by atoms with van der Waals surface area (Å²) in [6.07, 6.45) is 0.989. The van der Waals surface area contributed by atoms with Crippen molar-refractivity contribution in [3.05, 3.63) is 59.7 Å². The number of nitrogens with two attached hydrogens (primary N) is 1. The number of nitrogens with zero attached hydrogens (tertiary/aromatic N) is 1. The molecule has 0 aliphatic carbocycles. The van der Waals surface area contributed by atoms with E-state index in [-0.39, 0.29) is 0 Å². The van der Waals surface area contributed by atoms with Gasteiger partial charge in [-0.2, -0.15) is 0 Å². The van der Waals surface area contributed by atoms with E-state index in [4.69, 9.17) is 5.73 Å². The zero-order valence-electron chi connectivity index (χ0n) is 11.8. The Labute approximate surface area is 115 Å². The van der Waals surface area contributed by atoms with Crippen molar-refractivity contribution < 1.29 is 0 Å². The summed E-state index contributed by atoms with van der Waals surface area (Å²) < 4.78 is 0. The molecular weight excluding hydrogens is 232 g/mol. The summed E-state index contributed by atoms with van der Waals surface area (Å²) in [5.41, 5.74) is 10.8. The molecule has 0 aromatic heterocycles. The smallest absolute Gasteiger partial charge is 0.0440 e. The number of para-hydroxylation sites is 2. The van der Waals surface area contributed by atoms with Gasteiger partial charge >= 0.3 is 0 Å². The van der Waals surface area contributed by atoms with Crippen LogP contribution in [0.1, 0.15) is 17.5 Å². The van der Waals surface area contributed by atoms with E-state index < -0.39 is 0 Å². The van der Waals surface area contributed by atoms with Crippen LogP contribution in [0.3, 0.4) is 0 Å². The summed E-state index contributed by atoms with van der Waals surface area (Å²) in [4.78, 5) is 2.37. The van der Waals surface area contributed by atoms with Gasteiger partial charge in [-0.15, -0.1) is 0 Å². The Hall–Kier alpha value is -1.80. The molecule has 2 nitrogen and oxygen atoms in total. The number of hydrogen-bond donors (Lipinski definition) is 1. The van der Waals surface area contributed by atoms with Crippen molar-refractivity contribution in [1.29, 1.82) is 0 Å². The summed E-state index contributed by atoms with van der Waals surface area (Å²) in [7, 11) is 0. The minimum absolute atomic E-state index is 0.717. The largest absolute Gasteiger partial charge is 0.341 e. The van der Waals surface area contributed by atoms with E-state index in [2.05, 4.69) is 67.3 Å². The van der Waals surface area contributed by atoms with Gasteiger partial charge in [-0.05, 0) is 50.1 Å². The molecule has 2 aromatic rings. The normalized spacial score (nSPS) is 10.5. The van der Waals surface area contributed by atoms with Crippen molar-refractivity contribution in [2.45, 2.75) is 20.3 Å². The number of benzene rings is 2. The highest BCUT2D eigenvalue weighted by Gasteiger charge is 2.12. The van der Waals surface area contributed by atoms with Gasteiger partial charge in [-0.1, -0.05) is 36.4 Å². The second kappa shape index (κ2) is 6.39. The van der Waals surface area contributed by atoms with Crippen LogP contribution in [-0.2, 0) is 0 Å². The van der Waals surface area contributed by atoms with Gasteiger partial charge in [0.05, 0.1) is 0 Å². The van der Waals surface area contributed by atoms with Crippen molar-refractivity contribution in [2.75, 3.05) is 18.0 Å². The van der Waals surface area contributed by atoms with E-state index in [0.717, 1.165) is 13.0 Å². The van der Waals surface area contributed by atoms with Crippen molar-refractivity contribution in [2.24, 2.45) is 5.73 Å². The molecule has 2 aromatic carbocycles. The first kappa shape index (κ1) is 13.6. The molecule has 0 fully saturated rings. The van der Waals surface area contributed by atoms with Gasteiger partial charge in [-0.25, -0.2) is 0 Å². The second-order valence-electron chi connectivity index (χ2n) is 4.87. The quantitative estimate of drug-likeness (QED) is 0.879. The maximum atomic E-state index is 5.68. The molecule has 2 N–H and O–H groups in total. The van der Waals surface area contributed by atoms with E-state index in [1.54, 1.807) is 0 Å². The molecule has 0 amide bonds. The van der Waals surface area contributed by atoms with E-state index in [9.17, 15) is 0 Å². The van der Waals surface area contributed by atoms with Crippen LogP contribution >= 0.6 is 0 Å². The zero-order chi connectivity index (χ0) is 13.7. The Morgan fingerprint density at radius 1 is 0.842 bits per heavy atom. The van der Waals surface area contributed by atoms with Crippen molar-refractivity contribution >= 4 is 11.4 Å². The van der Waals surface area contributed by atoms with E-state index >= 15 is 0 Å². The highest BCUT2D eigenvalue weighted by molar-refractivity contribution is 5.68. The molecule has 0 aliphatic rings. The van der Waals surface area contributed by atoms with Crippen molar-refractivity contribution in [1.82, 2.24) is 0 Å². The molecule has 0 unspecified atom stereocenters. The SMILES string of the molecule is Cc1ccccc1N(CCCN)c1ccccc1C. The lowest BCUT2D eigenvalue weighted by Crippen LogP contribution is -2.22. The Bertz CT molecular complexity index is 489. The molecule has 0 atom stereocenters. The van der Waals surface area contributed by atoms with Crippen molar-refractivity contribution in [3.8, 4) is 0 Å². The third-order valence-corrected chi connectivity index (χ3v) is 3.40. The number of rotatable bonds is 5. The average Bonchev–Trinajstić information content (AvgIpc) is 2.42. The van der Waals surface area contributed by atoms with Crippen LogP contribution in [0, 0.1) is 13.8 Å². The topological polar surface area (TPSA) is 29.3 Å². The summed E-state index contributed by atoms with van der Waals surface area (Å²) in [6, 6.07) is 17.0. The lowest BCUT2D eigenvalue weighted by atomic mass is 10.1. The van der Waals surface area contributed by atoms with E-state index in [0.29, 0.717) is 6.54 Å². The van der Waals surface area contributed by atoms with Gasteiger partial charge in [0.25, 0.3) is 0 Å². The van der Waals surface area contributed by atoms with Gasteiger partial charge in [0.1, 0.15) is 0 Å². The van der Waals surface area contributed by atoms with Crippen LogP contribution in [0.5, 0.6) is 0 Å². The van der Waals surface area contributed by atoms with Crippen LogP contribution in [0.25, 0.3) is 0 Å². The molecule has 2 rings (SSSR count). The summed E-state index contributed by atoms with van der Waals surface area (Å²) >= 11 is 0. The van der Waals surface area contributed by atoms with Gasteiger partial charge in [0.15, 0.2) is 0 Å². The molecule has 0 spiro atoms. The Kier molecular flexibility index (Phi) is 4.58. The monoisotopic (exact) mass is 254 g/mol. The molecule has 0 radical (unpaired) electrons. The Morgan fingerprint density at radius 2 is 1.32 bits per heavy atom. The minimum atomic E-state index is 0.717. The number of hydrogen-bond acceptors (Lipinski definition) is 2. The Morgan fingerprint density at radius 3 is 1.74 bits per heavy atom. The fourth-order valence-corrected chi connectivity index (χ4v) is 2.35. The van der Waals surface area contributed by atoms with Crippen LogP contribution in [0.2, 0.25) is 0 Å². The predicted molar refractivity (Wildman–Crippen MR) is 83.0 cm³/mol. The Balaban J connectivity index is 2.42. The van der Waals surface area contributed by atoms with E-state index in [1.165, 1.54) is 22.5 Å². The highest BCUT2D eigenvalue weighted by atomic mass is 15.1.